The van der Waals surface area contributed by atoms with Crippen molar-refractivity contribution in [3.8, 4) is 11.4 Å². The van der Waals surface area contributed by atoms with Crippen molar-refractivity contribution in [1.82, 2.24) is 24.8 Å². The zero-order valence-electron chi connectivity index (χ0n) is 18.6. The Morgan fingerprint density at radius 2 is 2.06 bits per heavy atom. The summed E-state index contributed by atoms with van der Waals surface area (Å²) in [6.07, 6.45) is 8.21. The van der Waals surface area contributed by atoms with Crippen molar-refractivity contribution in [2.75, 3.05) is 18.4 Å². The number of carbonyl (C=O) groups is 1. The summed E-state index contributed by atoms with van der Waals surface area (Å²) in [7, 11) is 0. The number of nitrogens with one attached hydrogen (secondary N) is 3. The smallest absolute Gasteiger partial charge is 0.343 e. The molecular weight excluding hydrogens is 414 g/mol. The van der Waals surface area contributed by atoms with Crippen LogP contribution in [0, 0.1) is 0 Å². The summed E-state index contributed by atoms with van der Waals surface area (Å²) in [4.78, 5) is 33.4. The lowest BCUT2D eigenvalue weighted by molar-refractivity contribution is 0.213. The van der Waals surface area contributed by atoms with Crippen molar-refractivity contribution in [2.45, 2.75) is 20.3 Å². The second kappa shape index (κ2) is 8.74. The molecule has 166 valence electrons. The maximum Gasteiger partial charge on any atom is 0.343 e. The molecule has 0 unspecified atom stereocenters. The third-order valence-corrected chi connectivity index (χ3v) is 5.59. The number of H-pyrrole nitrogens is 2. The monoisotopic (exact) mass is 439 g/mol. The summed E-state index contributed by atoms with van der Waals surface area (Å²) in [6, 6.07) is 12.0. The van der Waals surface area contributed by atoms with E-state index in [2.05, 4.69) is 48.5 Å². The van der Waals surface area contributed by atoms with E-state index in [0.717, 1.165) is 51.6 Å². The standard InChI is InChI=1S/C25H25N7O/c1-16(2)29-25(33)32-12-7-17(8-13-32)22-15-20-21(6-9-26-24(20)31-22)30-19-5-3-4-18(14-19)23-27-10-11-28-23/h3-7,9-11,14-15H,8,12-13H2,1-2H3,(H,27,28)(H2,26,30,31). The molecule has 3 N–H and O–H groups in total. The molecule has 8 heteroatoms. The molecule has 1 aromatic carbocycles. The molecule has 0 spiro atoms. The Bertz CT molecular complexity index is 1360. The maximum absolute atomic E-state index is 12.2. The van der Waals surface area contributed by atoms with Gasteiger partial charge in [-0.05, 0) is 50.1 Å². The van der Waals surface area contributed by atoms with Gasteiger partial charge in [-0.2, -0.15) is 0 Å². The fraction of sp³-hybridized carbons (Fsp3) is 0.200. The molecule has 4 aromatic rings. The van der Waals surface area contributed by atoms with Crippen LogP contribution < -0.4 is 5.32 Å². The topological polar surface area (TPSA) is 102 Å². The number of rotatable bonds is 4. The molecule has 0 fully saturated rings. The van der Waals surface area contributed by atoms with E-state index in [9.17, 15) is 4.79 Å². The summed E-state index contributed by atoms with van der Waals surface area (Å²) in [5, 5.41) is 4.53. The molecule has 0 radical (unpaired) electrons. The second-order valence-corrected chi connectivity index (χ2v) is 8.21. The highest BCUT2D eigenvalue weighted by Gasteiger charge is 2.19. The van der Waals surface area contributed by atoms with Crippen LogP contribution in [-0.4, -0.2) is 49.7 Å². The summed E-state index contributed by atoms with van der Waals surface area (Å²) in [6.45, 7) is 4.87. The molecular formula is C25H25N7O. The molecule has 0 bridgehead atoms. The number of anilines is 2. The number of benzene rings is 1. The van der Waals surface area contributed by atoms with Crippen molar-refractivity contribution >= 4 is 39.7 Å². The summed E-state index contributed by atoms with van der Waals surface area (Å²) in [5.74, 6) is 0.832. The molecule has 0 saturated heterocycles. The van der Waals surface area contributed by atoms with Gasteiger partial charge in [0, 0.05) is 59.7 Å². The van der Waals surface area contributed by atoms with Gasteiger partial charge in [0.2, 0.25) is 0 Å². The highest BCUT2D eigenvalue weighted by molar-refractivity contribution is 5.95. The molecule has 1 aliphatic rings. The van der Waals surface area contributed by atoms with Gasteiger partial charge in [0.15, 0.2) is 0 Å². The average molecular weight is 440 g/mol. The molecule has 5 rings (SSSR count). The van der Waals surface area contributed by atoms with E-state index in [1.54, 1.807) is 17.3 Å². The van der Waals surface area contributed by atoms with Gasteiger partial charge < -0.3 is 20.2 Å². The Kier molecular flexibility index (Phi) is 5.48. The number of amides is 2. The van der Waals surface area contributed by atoms with Crippen LogP contribution in [0.15, 0.2) is 66.1 Å². The predicted molar refractivity (Wildman–Crippen MR) is 132 cm³/mol. The predicted octanol–water partition coefficient (Wildman–Crippen LogP) is 5.39. The van der Waals surface area contributed by atoms with Crippen LogP contribution in [0.2, 0.25) is 0 Å². The molecule has 0 atom stereocenters. The molecule has 4 heterocycles. The third-order valence-electron chi connectivity index (χ3n) is 5.59. The number of hydrogen-bond acceptors (Lipinski definition) is 4. The fourth-order valence-corrected chi connectivity index (χ4v) is 3.98. The fourth-order valence-electron chi connectivity index (χ4n) is 3.98. The number of carbonyl (C=O) groups excluding carboxylic acids is 1. The normalized spacial score (nSPS) is 13.6. The van der Waals surface area contributed by atoms with Crippen LogP contribution in [0.1, 0.15) is 26.0 Å². The van der Waals surface area contributed by atoms with E-state index in [4.69, 9.17) is 0 Å². The van der Waals surface area contributed by atoms with Gasteiger partial charge in [-0.3, -0.25) is 0 Å². The van der Waals surface area contributed by atoms with Gasteiger partial charge >= 0.3 is 6.03 Å². The minimum absolute atomic E-state index is 0.174. The third kappa shape index (κ3) is 4.41. The molecule has 1 aliphatic heterocycles. The molecule has 3 aromatic heterocycles. The molecule has 2 amide bonds. The number of hydrogen-bond donors (Lipinski definition) is 3. The van der Waals surface area contributed by atoms with Gasteiger partial charge in [0.1, 0.15) is 11.5 Å². The van der Waals surface area contributed by atoms with Crippen LogP contribution in [0.4, 0.5) is 16.2 Å². The van der Waals surface area contributed by atoms with E-state index in [1.165, 1.54) is 5.57 Å². The van der Waals surface area contributed by atoms with Crippen molar-refractivity contribution in [3.05, 3.63) is 66.8 Å². The molecule has 33 heavy (non-hydrogen) atoms. The van der Waals surface area contributed by atoms with Crippen LogP contribution in [0.25, 0.3) is 28.0 Å². The Labute approximate surface area is 191 Å². The van der Waals surface area contributed by atoms with E-state index in [1.807, 2.05) is 44.3 Å². The number of imidazole rings is 1. The van der Waals surface area contributed by atoms with Gasteiger partial charge in [-0.1, -0.05) is 18.2 Å². The number of fused-ring (bicyclic) bond motifs is 1. The average Bonchev–Trinajstić information content (AvgIpc) is 3.50. The highest BCUT2D eigenvalue weighted by Crippen LogP contribution is 2.31. The maximum atomic E-state index is 12.2. The van der Waals surface area contributed by atoms with E-state index in [-0.39, 0.29) is 6.03 Å². The van der Waals surface area contributed by atoms with Crippen LogP contribution >= 0.6 is 0 Å². The highest BCUT2D eigenvalue weighted by atomic mass is 16.2. The largest absolute Gasteiger partial charge is 0.355 e. The lowest BCUT2D eigenvalue weighted by Gasteiger charge is -2.24. The van der Waals surface area contributed by atoms with Crippen LogP contribution in [0.5, 0.6) is 0 Å². The molecule has 8 nitrogen and oxygen atoms in total. The Hall–Kier alpha value is -4.20. The van der Waals surface area contributed by atoms with E-state index >= 15 is 0 Å². The van der Waals surface area contributed by atoms with Crippen LogP contribution in [-0.2, 0) is 0 Å². The van der Waals surface area contributed by atoms with Crippen molar-refractivity contribution in [1.29, 1.82) is 0 Å². The number of aromatic amines is 2. The van der Waals surface area contributed by atoms with Crippen molar-refractivity contribution < 1.29 is 4.79 Å². The van der Waals surface area contributed by atoms with Gasteiger partial charge in [0.25, 0.3) is 0 Å². The summed E-state index contributed by atoms with van der Waals surface area (Å²) >= 11 is 0. The number of nitrogens with zero attached hydrogens (tertiary/aromatic N) is 4. The lowest BCUT2D eigenvalue weighted by Crippen LogP contribution is -2.32. The summed E-state index contributed by atoms with van der Waals surface area (Å²) < 4.78 is 0. The van der Waals surface area contributed by atoms with Crippen molar-refractivity contribution in [3.63, 3.8) is 0 Å². The first-order valence-corrected chi connectivity index (χ1v) is 10.9. The second-order valence-electron chi connectivity index (χ2n) is 8.21. The molecule has 0 aliphatic carbocycles. The minimum Gasteiger partial charge on any atom is -0.355 e. The quantitative estimate of drug-likeness (QED) is 0.371. The number of urea groups is 1. The first kappa shape index (κ1) is 20.7. The van der Waals surface area contributed by atoms with E-state index < -0.39 is 0 Å². The van der Waals surface area contributed by atoms with Gasteiger partial charge in [-0.25, -0.2) is 19.8 Å². The zero-order valence-corrected chi connectivity index (χ0v) is 18.6. The van der Waals surface area contributed by atoms with Crippen molar-refractivity contribution in [2.24, 2.45) is 4.99 Å². The zero-order chi connectivity index (χ0) is 22.8. The number of pyridine rings is 1. The Morgan fingerprint density at radius 3 is 2.82 bits per heavy atom. The lowest BCUT2D eigenvalue weighted by atomic mass is 10.0. The van der Waals surface area contributed by atoms with E-state index in [0.29, 0.717) is 13.1 Å². The Morgan fingerprint density at radius 1 is 1.15 bits per heavy atom. The first-order chi connectivity index (χ1) is 16.1. The Balaban J connectivity index is 1.38. The summed E-state index contributed by atoms with van der Waals surface area (Å²) in [5.41, 5.74) is 6.75. The van der Waals surface area contributed by atoms with Gasteiger partial charge in [-0.15, -0.1) is 0 Å². The first-order valence-electron chi connectivity index (χ1n) is 10.9. The SMILES string of the molecule is CC(C)=NC(=O)N1CC=C(c2cc3c(Nc4cccc(-c5ncc[nH]5)c4)ccnc3[nH]2)CC1. The molecule has 0 saturated carbocycles. The number of aromatic nitrogens is 4. The number of aliphatic imine (C=N–C) groups is 1. The van der Waals surface area contributed by atoms with Gasteiger partial charge in [0.05, 0.1) is 5.69 Å². The van der Waals surface area contributed by atoms with Crippen LogP contribution in [0.3, 0.4) is 0 Å². The minimum atomic E-state index is -0.174.